The topological polar surface area (TPSA) is 80.4 Å². The average molecular weight is 291 g/mol. The molecule has 0 aliphatic rings. The maximum atomic E-state index is 10.0. The third kappa shape index (κ3) is 5.36. The summed E-state index contributed by atoms with van der Waals surface area (Å²) in [6, 6.07) is 20.8. The second-order valence-electron chi connectivity index (χ2n) is 3.95. The van der Waals surface area contributed by atoms with Crippen molar-refractivity contribution in [2.24, 2.45) is 5.14 Å². The van der Waals surface area contributed by atoms with Crippen LogP contribution in [0.2, 0.25) is 0 Å². The van der Waals surface area contributed by atoms with Crippen molar-refractivity contribution in [3.05, 3.63) is 73.3 Å². The van der Waals surface area contributed by atoms with Gasteiger partial charge in [0.05, 0.1) is 0 Å². The van der Waals surface area contributed by atoms with Gasteiger partial charge in [-0.1, -0.05) is 67.2 Å². The van der Waals surface area contributed by atoms with Crippen LogP contribution < -0.4 is 5.14 Å². The van der Waals surface area contributed by atoms with Crippen LogP contribution in [0.3, 0.4) is 0 Å². The van der Waals surface area contributed by atoms with Gasteiger partial charge < -0.3 is 5.11 Å². The largest absolute Gasteiger partial charge is 0.373 e. The maximum Gasteiger partial charge on any atom is 0.239 e. The molecular formula is C15H17NO3S. The van der Waals surface area contributed by atoms with Gasteiger partial charge in [-0.25, -0.2) is 13.6 Å². The van der Waals surface area contributed by atoms with E-state index in [9.17, 15) is 8.42 Å². The molecule has 106 valence electrons. The summed E-state index contributed by atoms with van der Waals surface area (Å²) in [6.07, 6.45) is 0.843. The first-order chi connectivity index (χ1) is 9.45. The summed E-state index contributed by atoms with van der Waals surface area (Å²) >= 11 is 0. The van der Waals surface area contributed by atoms with Crippen LogP contribution in [0.25, 0.3) is 11.1 Å². The number of rotatable bonds is 3. The van der Waals surface area contributed by atoms with Gasteiger partial charge in [0.15, 0.2) is 5.44 Å². The lowest BCUT2D eigenvalue weighted by molar-refractivity contribution is 0.294. The molecule has 0 aromatic heterocycles. The van der Waals surface area contributed by atoms with E-state index in [0.29, 0.717) is 0 Å². The molecule has 20 heavy (non-hydrogen) atoms. The van der Waals surface area contributed by atoms with Gasteiger partial charge in [0.2, 0.25) is 10.0 Å². The monoisotopic (exact) mass is 291 g/mol. The van der Waals surface area contributed by atoms with Gasteiger partial charge >= 0.3 is 0 Å². The minimum Gasteiger partial charge on any atom is -0.373 e. The molecule has 1 atom stereocenters. The minimum atomic E-state index is -3.82. The summed E-state index contributed by atoms with van der Waals surface area (Å²) in [4.78, 5) is 0. The van der Waals surface area contributed by atoms with Gasteiger partial charge in [-0.3, -0.25) is 0 Å². The number of aliphatic hydroxyl groups is 1. The van der Waals surface area contributed by atoms with Gasteiger partial charge in [0.1, 0.15) is 0 Å². The van der Waals surface area contributed by atoms with E-state index in [0.717, 1.165) is 6.08 Å². The number of sulfonamides is 1. The van der Waals surface area contributed by atoms with E-state index in [-0.39, 0.29) is 0 Å². The van der Waals surface area contributed by atoms with Crippen LogP contribution in [0.4, 0.5) is 0 Å². The zero-order valence-electron chi connectivity index (χ0n) is 10.9. The van der Waals surface area contributed by atoms with Crippen molar-refractivity contribution in [2.45, 2.75) is 5.44 Å². The number of nitrogens with two attached hydrogens (primary N) is 1. The van der Waals surface area contributed by atoms with Crippen molar-refractivity contribution >= 4 is 10.0 Å². The number of hydrogen-bond donors (Lipinski definition) is 2. The predicted octanol–water partition coefficient (Wildman–Crippen LogP) is 2.13. The van der Waals surface area contributed by atoms with Crippen LogP contribution in [0.5, 0.6) is 0 Å². The smallest absolute Gasteiger partial charge is 0.239 e. The Labute approximate surface area is 119 Å². The molecule has 0 radical (unpaired) electrons. The Balaban J connectivity index is 0.000000221. The first-order valence-corrected chi connectivity index (χ1v) is 7.49. The number of aliphatic hydroxyl groups excluding tert-OH is 1. The zero-order chi connectivity index (χ0) is 15.0. The Morgan fingerprint density at radius 2 is 1.30 bits per heavy atom. The quantitative estimate of drug-likeness (QED) is 0.850. The van der Waals surface area contributed by atoms with Gasteiger partial charge in [-0.15, -0.1) is 0 Å². The molecule has 0 heterocycles. The molecule has 0 fully saturated rings. The first-order valence-electron chi connectivity index (χ1n) is 5.88. The molecule has 0 saturated heterocycles. The Hall–Kier alpha value is -1.95. The zero-order valence-corrected chi connectivity index (χ0v) is 11.7. The standard InChI is InChI=1S/C12H10.C3H7NO3S/c1-3-7-11(8-4-1)12-9-5-2-6-10-12;1-2-3(5)8(4,6)7/h1-10H;2-3,5H,1H2,(H2,4,6,7). The highest BCUT2D eigenvalue weighted by Gasteiger charge is 2.11. The van der Waals surface area contributed by atoms with E-state index < -0.39 is 15.5 Å². The van der Waals surface area contributed by atoms with Gasteiger partial charge in [-0.2, -0.15) is 0 Å². The van der Waals surface area contributed by atoms with Crippen LogP contribution in [0.1, 0.15) is 0 Å². The Morgan fingerprint density at radius 3 is 1.50 bits per heavy atom. The van der Waals surface area contributed by atoms with E-state index >= 15 is 0 Å². The van der Waals surface area contributed by atoms with E-state index in [2.05, 4.69) is 60.2 Å². The molecule has 4 nitrogen and oxygen atoms in total. The molecule has 3 N–H and O–H groups in total. The van der Waals surface area contributed by atoms with Crippen molar-refractivity contribution < 1.29 is 13.5 Å². The molecule has 2 rings (SSSR count). The second-order valence-corrected chi connectivity index (χ2v) is 5.61. The average Bonchev–Trinajstić information content (AvgIpc) is 2.48. The summed E-state index contributed by atoms with van der Waals surface area (Å²) in [5, 5.41) is 12.8. The van der Waals surface area contributed by atoms with Crippen LogP contribution in [-0.2, 0) is 10.0 Å². The first kappa shape index (κ1) is 16.1. The normalized spacial score (nSPS) is 11.9. The summed E-state index contributed by atoms with van der Waals surface area (Å²) in [5.74, 6) is 0. The SMILES string of the molecule is C=CC(O)S(N)(=O)=O.c1ccc(-c2ccccc2)cc1. The lowest BCUT2D eigenvalue weighted by atomic mass is 10.1. The molecule has 0 spiro atoms. The lowest BCUT2D eigenvalue weighted by Gasteiger charge is -1.98. The Morgan fingerprint density at radius 1 is 0.950 bits per heavy atom. The van der Waals surface area contributed by atoms with Crippen LogP contribution in [0.15, 0.2) is 73.3 Å². The van der Waals surface area contributed by atoms with E-state index in [1.54, 1.807) is 0 Å². The molecule has 0 aliphatic carbocycles. The molecule has 0 saturated carbocycles. The van der Waals surface area contributed by atoms with Crippen LogP contribution in [-0.4, -0.2) is 19.0 Å². The van der Waals surface area contributed by atoms with Crippen molar-refractivity contribution in [3.63, 3.8) is 0 Å². The van der Waals surface area contributed by atoms with Crippen molar-refractivity contribution in [1.29, 1.82) is 0 Å². The molecule has 0 bridgehead atoms. The summed E-state index contributed by atoms with van der Waals surface area (Å²) in [7, 11) is -3.82. The fourth-order valence-electron chi connectivity index (χ4n) is 1.40. The highest BCUT2D eigenvalue weighted by atomic mass is 32.2. The fourth-order valence-corrected chi connectivity index (χ4v) is 1.66. The summed E-state index contributed by atoms with van der Waals surface area (Å²) in [5.41, 5.74) is 0.915. The highest BCUT2D eigenvalue weighted by Crippen LogP contribution is 2.17. The van der Waals surface area contributed by atoms with Crippen molar-refractivity contribution in [3.8, 4) is 11.1 Å². The van der Waals surface area contributed by atoms with Gasteiger partial charge in [0, 0.05) is 0 Å². The minimum absolute atomic E-state index is 0.843. The van der Waals surface area contributed by atoms with E-state index in [4.69, 9.17) is 5.11 Å². The number of benzene rings is 2. The predicted molar refractivity (Wildman–Crippen MR) is 81.2 cm³/mol. The third-order valence-electron chi connectivity index (χ3n) is 2.42. The summed E-state index contributed by atoms with van der Waals surface area (Å²) < 4.78 is 20.0. The maximum absolute atomic E-state index is 10.0. The Kier molecular flexibility index (Phi) is 6.11. The Bertz CT molecular complexity index is 587. The van der Waals surface area contributed by atoms with Crippen LogP contribution in [0, 0.1) is 0 Å². The van der Waals surface area contributed by atoms with Gasteiger partial charge in [0.25, 0.3) is 0 Å². The molecule has 0 aliphatic heterocycles. The molecule has 0 amide bonds. The highest BCUT2D eigenvalue weighted by molar-refractivity contribution is 7.89. The molecular weight excluding hydrogens is 274 g/mol. The van der Waals surface area contributed by atoms with Crippen LogP contribution >= 0.6 is 0 Å². The molecule has 1 unspecified atom stereocenters. The van der Waals surface area contributed by atoms with E-state index in [1.807, 2.05) is 12.1 Å². The molecule has 2 aromatic carbocycles. The fraction of sp³-hybridized carbons (Fsp3) is 0.0667. The third-order valence-corrected chi connectivity index (χ3v) is 3.28. The number of hydrogen-bond acceptors (Lipinski definition) is 3. The van der Waals surface area contributed by atoms with Crippen molar-refractivity contribution in [1.82, 2.24) is 0 Å². The number of primary sulfonamides is 1. The van der Waals surface area contributed by atoms with Gasteiger partial charge in [-0.05, 0) is 17.2 Å². The second kappa shape index (κ2) is 7.59. The molecule has 2 aromatic rings. The van der Waals surface area contributed by atoms with Crippen molar-refractivity contribution in [2.75, 3.05) is 0 Å². The van der Waals surface area contributed by atoms with E-state index in [1.165, 1.54) is 11.1 Å². The molecule has 5 heteroatoms. The summed E-state index contributed by atoms with van der Waals surface area (Å²) in [6.45, 7) is 3.02. The lowest BCUT2D eigenvalue weighted by Crippen LogP contribution is -2.25.